The van der Waals surface area contributed by atoms with Crippen LogP contribution in [0, 0.1) is 6.92 Å². The number of carbonyl (C=O) groups excluding carboxylic acids is 1. The minimum absolute atomic E-state index is 0. The van der Waals surface area contributed by atoms with Crippen molar-refractivity contribution in [1.29, 1.82) is 0 Å². The van der Waals surface area contributed by atoms with Gasteiger partial charge in [0.2, 0.25) is 5.91 Å². The van der Waals surface area contributed by atoms with Crippen molar-refractivity contribution in [3.63, 3.8) is 0 Å². The van der Waals surface area contributed by atoms with Crippen molar-refractivity contribution < 1.29 is 119 Å². The first kappa shape index (κ1) is 44.0. The number of anilines is 2. The van der Waals surface area contributed by atoms with E-state index in [-0.39, 0.29) is 113 Å². The molecule has 0 bridgehead atoms. The first-order chi connectivity index (χ1) is 20.6. The predicted octanol–water partition coefficient (Wildman–Crippen LogP) is -3.28. The SMILES string of the molecule is C=CS(=O)(=O)c1cc(OC)c(N=Nc2cc(OC)c(N(CCOSOO[O-])CCOSOO[O-])cc2NC(C)=O)cc1C.[Na+].[Na+]. The fraction of sp³-hybridized carbons (Fsp3) is 0.348. The summed E-state index contributed by atoms with van der Waals surface area (Å²) in [7, 11) is -0.972. The molecule has 238 valence electrons. The average Bonchev–Trinajstić information content (AvgIpc) is 2.98. The number of ether oxygens (including phenoxy) is 2. The summed E-state index contributed by atoms with van der Waals surface area (Å²) in [4.78, 5) is 13.8. The van der Waals surface area contributed by atoms with Crippen molar-refractivity contribution in [2.75, 3.05) is 50.7 Å². The van der Waals surface area contributed by atoms with E-state index in [4.69, 9.17) is 17.8 Å². The molecule has 22 heteroatoms. The minimum atomic E-state index is -3.74. The third-order valence-electron chi connectivity index (χ3n) is 5.31. The first-order valence-electron chi connectivity index (χ1n) is 11.8. The molecular formula is C23H28N4Na2O13S3. The Balaban J connectivity index is 0.00000968. The number of sulfone groups is 1. The van der Waals surface area contributed by atoms with Gasteiger partial charge >= 0.3 is 59.1 Å². The summed E-state index contributed by atoms with van der Waals surface area (Å²) in [6, 6.07) is 5.90. The first-order valence-corrected chi connectivity index (χ1v) is 14.7. The maximum absolute atomic E-state index is 12.4. The standard InChI is InChI=1S/C23H30N4O13S3.2Na/c1-6-43(31,32)23-14-21(33-4)19(11-15(23)2)26-25-18-13-22(34-5)20(12-17(18)24-16(3)28)27(7-9-35-41-39-37-29)8-10-36-42-40-38-30;;/h6,11-14,29-30H,1,7-10H2,2-5H3,(H,24,28);;/q;2*+1/p-2. The number of hydrogen-bond donors (Lipinski definition) is 1. The van der Waals surface area contributed by atoms with Crippen LogP contribution in [0.15, 0.2) is 51.4 Å². The van der Waals surface area contributed by atoms with Crippen LogP contribution in [0.25, 0.3) is 0 Å². The van der Waals surface area contributed by atoms with Crippen LogP contribution in [0.5, 0.6) is 11.5 Å². The molecule has 17 nitrogen and oxygen atoms in total. The van der Waals surface area contributed by atoms with Gasteiger partial charge in [-0.2, -0.15) is 0 Å². The molecule has 0 atom stereocenters. The van der Waals surface area contributed by atoms with Gasteiger partial charge in [-0.1, -0.05) is 6.58 Å². The zero-order valence-electron chi connectivity index (χ0n) is 25.3. The summed E-state index contributed by atoms with van der Waals surface area (Å²) < 4.78 is 54.0. The van der Waals surface area contributed by atoms with E-state index in [1.807, 2.05) is 0 Å². The summed E-state index contributed by atoms with van der Waals surface area (Å²) in [5.41, 5.74) is 1.51. The third-order valence-corrected chi connectivity index (χ3v) is 7.55. The van der Waals surface area contributed by atoms with Gasteiger partial charge in [-0.3, -0.25) is 23.2 Å². The van der Waals surface area contributed by atoms with E-state index in [0.29, 0.717) is 41.6 Å². The van der Waals surface area contributed by atoms with Gasteiger partial charge in [0, 0.05) is 37.6 Å². The number of methoxy groups -OCH3 is 2. The molecule has 2 aromatic rings. The van der Waals surface area contributed by atoms with Crippen LogP contribution >= 0.6 is 24.6 Å². The number of azo groups is 1. The molecule has 0 saturated carbocycles. The van der Waals surface area contributed by atoms with Crippen LogP contribution in [0.2, 0.25) is 0 Å². The van der Waals surface area contributed by atoms with Gasteiger partial charge in [0.05, 0.1) is 43.7 Å². The predicted molar refractivity (Wildman–Crippen MR) is 150 cm³/mol. The summed E-state index contributed by atoms with van der Waals surface area (Å²) in [5, 5.41) is 38.5. The van der Waals surface area contributed by atoms with E-state index in [1.54, 1.807) is 17.9 Å². The molecule has 45 heavy (non-hydrogen) atoms. The van der Waals surface area contributed by atoms with Crippen LogP contribution < -0.4 is 89.3 Å². The van der Waals surface area contributed by atoms with Gasteiger partial charge in [0.15, 0.2) is 34.5 Å². The zero-order chi connectivity index (χ0) is 31.8. The van der Waals surface area contributed by atoms with Gasteiger partial charge in [0.25, 0.3) is 0 Å². The van der Waals surface area contributed by atoms with Crippen molar-refractivity contribution >= 4 is 63.1 Å². The maximum Gasteiger partial charge on any atom is 1.00 e. The molecule has 0 unspecified atom stereocenters. The number of benzene rings is 2. The van der Waals surface area contributed by atoms with Crippen molar-refractivity contribution in [3.8, 4) is 11.5 Å². The summed E-state index contributed by atoms with van der Waals surface area (Å²) >= 11 is 0.658. The molecule has 0 aliphatic rings. The minimum Gasteiger partial charge on any atom is -0.691 e. The van der Waals surface area contributed by atoms with Gasteiger partial charge < -0.3 is 30.2 Å². The number of nitrogens with zero attached hydrogens (tertiary/aromatic N) is 3. The van der Waals surface area contributed by atoms with Crippen LogP contribution in [0.1, 0.15) is 12.5 Å². The molecule has 0 aliphatic heterocycles. The second-order valence-corrected chi connectivity index (χ2v) is 10.8. The van der Waals surface area contributed by atoms with E-state index in [2.05, 4.69) is 40.9 Å². The van der Waals surface area contributed by atoms with Crippen molar-refractivity contribution in [1.82, 2.24) is 0 Å². The Morgan fingerprint density at radius 2 is 1.51 bits per heavy atom. The molecule has 0 saturated heterocycles. The largest absolute Gasteiger partial charge is 1.00 e. The Bertz CT molecular complexity index is 1360. The smallest absolute Gasteiger partial charge is 0.691 e. The quantitative estimate of drug-likeness (QED) is 0.0357. The number of amides is 1. The van der Waals surface area contributed by atoms with E-state index >= 15 is 0 Å². The number of hydrogen-bond acceptors (Lipinski definition) is 18. The Kier molecular flexibility index (Phi) is 22.8. The van der Waals surface area contributed by atoms with Gasteiger partial charge in [-0.25, -0.2) is 8.42 Å². The zero-order valence-corrected chi connectivity index (χ0v) is 31.7. The Morgan fingerprint density at radius 3 is 2.00 bits per heavy atom. The van der Waals surface area contributed by atoms with Crippen LogP contribution in [-0.4, -0.2) is 54.8 Å². The molecule has 2 aromatic carbocycles. The molecule has 1 N–H and O–H groups in total. The van der Waals surface area contributed by atoms with Crippen LogP contribution in [0.3, 0.4) is 0 Å². The summed E-state index contributed by atoms with van der Waals surface area (Å²) in [6.45, 7) is 6.68. The normalized spacial score (nSPS) is 11.0. The Morgan fingerprint density at radius 1 is 0.956 bits per heavy atom. The molecule has 0 spiro atoms. The molecule has 0 aromatic heterocycles. The fourth-order valence-corrected chi connectivity index (χ4v) is 4.89. The second kappa shape index (κ2) is 23.3. The molecular weight excluding hydrogens is 682 g/mol. The number of rotatable bonds is 20. The average molecular weight is 711 g/mol. The summed E-state index contributed by atoms with van der Waals surface area (Å²) in [5.74, 6) is 0.0341. The molecule has 0 heterocycles. The second-order valence-electron chi connectivity index (χ2n) is 7.96. The molecule has 0 radical (unpaired) electrons. The van der Waals surface area contributed by atoms with E-state index in [1.165, 1.54) is 39.3 Å². The van der Waals surface area contributed by atoms with Gasteiger partial charge in [-0.15, -0.1) is 18.9 Å². The molecule has 2 rings (SSSR count). The van der Waals surface area contributed by atoms with Gasteiger partial charge in [0.1, 0.15) is 22.9 Å². The number of aryl methyl sites for hydroxylation is 1. The Hall–Kier alpha value is -1.02. The van der Waals surface area contributed by atoms with E-state index < -0.39 is 15.7 Å². The Labute approximate surface area is 312 Å². The van der Waals surface area contributed by atoms with Gasteiger partial charge in [-0.05, 0) is 24.6 Å². The topological polar surface area (TPSA) is 211 Å². The van der Waals surface area contributed by atoms with Crippen LogP contribution in [0.4, 0.5) is 22.7 Å². The van der Waals surface area contributed by atoms with Crippen LogP contribution in [-0.2, 0) is 41.7 Å². The number of nitrogens with one attached hydrogen (secondary N) is 1. The number of carbonyl (C=O) groups is 1. The maximum atomic E-state index is 12.4. The van der Waals surface area contributed by atoms with Crippen molar-refractivity contribution in [2.45, 2.75) is 18.7 Å². The van der Waals surface area contributed by atoms with E-state index in [0.717, 1.165) is 5.41 Å². The molecule has 0 fully saturated rings. The monoisotopic (exact) mass is 710 g/mol. The molecule has 1 amide bonds. The van der Waals surface area contributed by atoms with E-state index in [9.17, 15) is 23.7 Å². The van der Waals surface area contributed by atoms with Crippen molar-refractivity contribution in [3.05, 3.63) is 41.8 Å². The fourth-order valence-electron chi connectivity index (χ4n) is 3.52. The molecule has 0 aliphatic carbocycles. The summed E-state index contributed by atoms with van der Waals surface area (Å²) in [6.07, 6.45) is 0. The van der Waals surface area contributed by atoms with Crippen molar-refractivity contribution in [2.24, 2.45) is 10.2 Å². The third kappa shape index (κ3) is 14.3.